The Bertz CT molecular complexity index is 500. The zero-order valence-electron chi connectivity index (χ0n) is 10.5. The molecule has 2 aromatic carbocycles. The number of aryl methyl sites for hydroxylation is 1. The van der Waals surface area contributed by atoms with Crippen molar-refractivity contribution in [1.82, 2.24) is 0 Å². The lowest BCUT2D eigenvalue weighted by Crippen LogP contribution is -2.00. The Labute approximate surface area is 103 Å². The number of rotatable bonds is 3. The molecule has 1 heteroatoms. The van der Waals surface area contributed by atoms with Gasteiger partial charge >= 0.3 is 0 Å². The van der Waals surface area contributed by atoms with Crippen molar-refractivity contribution < 1.29 is 0 Å². The third kappa shape index (κ3) is 2.19. The van der Waals surface area contributed by atoms with Gasteiger partial charge in [0.25, 0.3) is 0 Å². The largest absolute Gasteiger partial charge is 0.398 e. The fraction of sp³-hybridized carbons (Fsp3) is 0.250. The van der Waals surface area contributed by atoms with Gasteiger partial charge in [-0.1, -0.05) is 56.3 Å². The highest BCUT2D eigenvalue weighted by Crippen LogP contribution is 2.31. The lowest BCUT2D eigenvalue weighted by molar-refractivity contribution is 1.04. The standard InChI is InChI=1S/C16H19N/c1-3-12-10-11-15(16(17)14(12)4-2)13-8-6-5-7-9-13/h5-11H,3-4,17H2,1-2H3. The summed E-state index contributed by atoms with van der Waals surface area (Å²) in [6.07, 6.45) is 2.04. The maximum absolute atomic E-state index is 6.30. The van der Waals surface area contributed by atoms with Crippen molar-refractivity contribution >= 4 is 5.69 Å². The van der Waals surface area contributed by atoms with Crippen molar-refractivity contribution in [2.24, 2.45) is 0 Å². The van der Waals surface area contributed by atoms with Crippen LogP contribution in [0.5, 0.6) is 0 Å². The van der Waals surface area contributed by atoms with E-state index < -0.39 is 0 Å². The van der Waals surface area contributed by atoms with Crippen LogP contribution in [0.2, 0.25) is 0 Å². The van der Waals surface area contributed by atoms with Gasteiger partial charge in [0.15, 0.2) is 0 Å². The Hall–Kier alpha value is -1.76. The number of benzene rings is 2. The molecular formula is C16H19N. The van der Waals surface area contributed by atoms with Crippen LogP contribution in [0.4, 0.5) is 5.69 Å². The van der Waals surface area contributed by atoms with Gasteiger partial charge in [-0.25, -0.2) is 0 Å². The topological polar surface area (TPSA) is 26.0 Å². The van der Waals surface area contributed by atoms with E-state index >= 15 is 0 Å². The van der Waals surface area contributed by atoms with E-state index in [1.807, 2.05) is 18.2 Å². The minimum absolute atomic E-state index is 0.943. The van der Waals surface area contributed by atoms with Crippen LogP contribution in [0.1, 0.15) is 25.0 Å². The van der Waals surface area contributed by atoms with Gasteiger partial charge in [-0.15, -0.1) is 0 Å². The van der Waals surface area contributed by atoms with Gasteiger partial charge < -0.3 is 5.73 Å². The third-order valence-electron chi connectivity index (χ3n) is 3.27. The number of hydrogen-bond acceptors (Lipinski definition) is 1. The smallest absolute Gasteiger partial charge is 0.0428 e. The minimum atomic E-state index is 0.943. The van der Waals surface area contributed by atoms with Gasteiger partial charge in [0, 0.05) is 11.3 Å². The molecule has 0 aromatic heterocycles. The predicted molar refractivity (Wildman–Crippen MR) is 75.0 cm³/mol. The van der Waals surface area contributed by atoms with Crippen LogP contribution in [-0.2, 0) is 12.8 Å². The Morgan fingerprint density at radius 1 is 0.882 bits per heavy atom. The summed E-state index contributed by atoms with van der Waals surface area (Å²) in [6, 6.07) is 14.7. The number of anilines is 1. The molecule has 2 aromatic rings. The molecule has 0 amide bonds. The minimum Gasteiger partial charge on any atom is -0.398 e. The fourth-order valence-electron chi connectivity index (χ4n) is 2.33. The Morgan fingerprint density at radius 2 is 1.59 bits per heavy atom. The summed E-state index contributed by atoms with van der Waals surface area (Å²) in [5.41, 5.74) is 12.3. The third-order valence-corrected chi connectivity index (χ3v) is 3.27. The van der Waals surface area contributed by atoms with Crippen LogP contribution in [0, 0.1) is 0 Å². The van der Waals surface area contributed by atoms with Gasteiger partial charge in [-0.05, 0) is 29.5 Å². The zero-order valence-corrected chi connectivity index (χ0v) is 10.5. The van der Waals surface area contributed by atoms with Gasteiger partial charge in [-0.2, -0.15) is 0 Å². The van der Waals surface area contributed by atoms with Crippen molar-refractivity contribution in [2.45, 2.75) is 26.7 Å². The first-order chi connectivity index (χ1) is 8.27. The summed E-state index contributed by atoms with van der Waals surface area (Å²) in [5.74, 6) is 0. The van der Waals surface area contributed by atoms with Gasteiger partial charge in [0.05, 0.1) is 0 Å². The van der Waals surface area contributed by atoms with Gasteiger partial charge in [-0.3, -0.25) is 0 Å². The van der Waals surface area contributed by atoms with Crippen molar-refractivity contribution in [3.8, 4) is 11.1 Å². The highest BCUT2D eigenvalue weighted by molar-refractivity contribution is 5.79. The van der Waals surface area contributed by atoms with E-state index in [1.165, 1.54) is 16.7 Å². The maximum Gasteiger partial charge on any atom is 0.0428 e. The fourth-order valence-corrected chi connectivity index (χ4v) is 2.33. The molecule has 0 aliphatic heterocycles. The molecule has 0 saturated heterocycles. The highest BCUT2D eigenvalue weighted by atomic mass is 14.6. The zero-order chi connectivity index (χ0) is 12.3. The molecule has 2 rings (SSSR count). The Balaban J connectivity index is 2.57. The van der Waals surface area contributed by atoms with E-state index in [9.17, 15) is 0 Å². The number of nitrogens with two attached hydrogens (primary N) is 1. The van der Waals surface area contributed by atoms with Crippen molar-refractivity contribution in [3.63, 3.8) is 0 Å². The van der Waals surface area contributed by atoms with Crippen LogP contribution in [0.3, 0.4) is 0 Å². The van der Waals surface area contributed by atoms with Gasteiger partial charge in [0.2, 0.25) is 0 Å². The molecule has 0 radical (unpaired) electrons. The molecule has 0 bridgehead atoms. The van der Waals surface area contributed by atoms with E-state index in [-0.39, 0.29) is 0 Å². The first kappa shape index (κ1) is 11.7. The Kier molecular flexibility index (Phi) is 3.48. The first-order valence-electron chi connectivity index (χ1n) is 6.23. The highest BCUT2D eigenvalue weighted by Gasteiger charge is 2.09. The molecule has 17 heavy (non-hydrogen) atoms. The summed E-state index contributed by atoms with van der Waals surface area (Å²) in [4.78, 5) is 0. The van der Waals surface area contributed by atoms with E-state index in [4.69, 9.17) is 5.73 Å². The van der Waals surface area contributed by atoms with Crippen molar-refractivity contribution in [2.75, 3.05) is 5.73 Å². The number of nitrogen functional groups attached to an aromatic ring is 1. The van der Waals surface area contributed by atoms with Crippen LogP contribution < -0.4 is 5.73 Å². The van der Waals surface area contributed by atoms with E-state index in [2.05, 4.69) is 38.1 Å². The first-order valence-corrected chi connectivity index (χ1v) is 6.23. The molecule has 0 aliphatic rings. The molecular weight excluding hydrogens is 206 g/mol. The predicted octanol–water partition coefficient (Wildman–Crippen LogP) is 4.06. The van der Waals surface area contributed by atoms with Crippen LogP contribution >= 0.6 is 0 Å². The van der Waals surface area contributed by atoms with Crippen molar-refractivity contribution in [3.05, 3.63) is 53.6 Å². The lowest BCUT2D eigenvalue weighted by Gasteiger charge is -2.14. The molecule has 0 unspecified atom stereocenters. The molecule has 1 nitrogen and oxygen atoms in total. The van der Waals surface area contributed by atoms with Gasteiger partial charge in [0.1, 0.15) is 0 Å². The quantitative estimate of drug-likeness (QED) is 0.783. The summed E-state index contributed by atoms with van der Waals surface area (Å²) in [6.45, 7) is 4.34. The summed E-state index contributed by atoms with van der Waals surface area (Å²) >= 11 is 0. The molecule has 2 N–H and O–H groups in total. The maximum atomic E-state index is 6.30. The molecule has 0 aliphatic carbocycles. The van der Waals surface area contributed by atoms with Crippen LogP contribution in [0.15, 0.2) is 42.5 Å². The van der Waals surface area contributed by atoms with Crippen LogP contribution in [-0.4, -0.2) is 0 Å². The average Bonchev–Trinajstić information content (AvgIpc) is 2.39. The Morgan fingerprint density at radius 3 is 2.18 bits per heavy atom. The second kappa shape index (κ2) is 5.05. The number of hydrogen-bond donors (Lipinski definition) is 1. The molecule has 0 spiro atoms. The SMILES string of the molecule is CCc1ccc(-c2ccccc2)c(N)c1CC. The normalized spacial score (nSPS) is 10.5. The summed E-state index contributed by atoms with van der Waals surface area (Å²) in [7, 11) is 0. The summed E-state index contributed by atoms with van der Waals surface area (Å²) in [5, 5.41) is 0. The molecule has 0 saturated carbocycles. The van der Waals surface area contributed by atoms with E-state index in [1.54, 1.807) is 0 Å². The molecule has 0 atom stereocenters. The summed E-state index contributed by atoms with van der Waals surface area (Å²) < 4.78 is 0. The van der Waals surface area contributed by atoms with E-state index in [0.29, 0.717) is 0 Å². The second-order valence-corrected chi connectivity index (χ2v) is 4.24. The monoisotopic (exact) mass is 225 g/mol. The average molecular weight is 225 g/mol. The second-order valence-electron chi connectivity index (χ2n) is 4.24. The molecule has 0 heterocycles. The lowest BCUT2D eigenvalue weighted by atomic mass is 9.94. The van der Waals surface area contributed by atoms with E-state index in [0.717, 1.165) is 24.1 Å². The van der Waals surface area contributed by atoms with Crippen molar-refractivity contribution in [1.29, 1.82) is 0 Å². The molecule has 88 valence electrons. The molecule has 0 fully saturated rings. The van der Waals surface area contributed by atoms with Crippen LogP contribution in [0.25, 0.3) is 11.1 Å².